The van der Waals surface area contributed by atoms with Gasteiger partial charge in [-0.25, -0.2) is 9.38 Å². The topological polar surface area (TPSA) is 116 Å². The van der Waals surface area contributed by atoms with Gasteiger partial charge in [0.15, 0.2) is 11.6 Å². The quantitative estimate of drug-likeness (QED) is 0.466. The molecule has 10 heteroatoms. The summed E-state index contributed by atoms with van der Waals surface area (Å²) < 4.78 is 31.6. The Balaban J connectivity index is 2.06. The van der Waals surface area contributed by atoms with Crippen molar-refractivity contribution < 1.29 is 28.8 Å². The van der Waals surface area contributed by atoms with Gasteiger partial charge in [0, 0.05) is 17.3 Å². The van der Waals surface area contributed by atoms with Gasteiger partial charge in [0.1, 0.15) is 23.4 Å². The van der Waals surface area contributed by atoms with E-state index in [4.69, 9.17) is 24.6 Å². The van der Waals surface area contributed by atoms with E-state index in [-0.39, 0.29) is 30.5 Å². The summed E-state index contributed by atoms with van der Waals surface area (Å²) >= 11 is 0. The fourth-order valence-electron chi connectivity index (χ4n) is 3.07. The molecule has 2 aromatic carbocycles. The molecule has 1 aliphatic rings. The number of anilines is 1. The van der Waals surface area contributed by atoms with Gasteiger partial charge in [0.05, 0.1) is 37.9 Å². The Bertz CT molecular complexity index is 1070. The van der Waals surface area contributed by atoms with Gasteiger partial charge >= 0.3 is 0 Å². The van der Waals surface area contributed by atoms with Gasteiger partial charge < -0.3 is 29.7 Å². The van der Waals surface area contributed by atoms with Crippen LogP contribution in [0.2, 0.25) is 0 Å². The van der Waals surface area contributed by atoms with E-state index in [9.17, 15) is 5.11 Å². The third kappa shape index (κ3) is 5.08. The lowest BCUT2D eigenvalue weighted by molar-refractivity contribution is 0.195. The molecule has 0 radical (unpaired) electrons. The molecule has 0 amide bonds. The molecule has 0 aliphatic carbocycles. The molecule has 2 aromatic rings. The monoisotopic (exact) mass is 461 g/mol. The number of nitriles is 1. The SMILES string of the molecule is CCOC1=S(CO)C(C(Nc2ccc(C#N)cc2)c2cc(OC)cc(OCCO)c2F)=N1. The maximum absolute atomic E-state index is 15.5. The second kappa shape index (κ2) is 11.1. The molecule has 0 fully saturated rings. The van der Waals surface area contributed by atoms with Crippen molar-refractivity contribution in [2.24, 2.45) is 4.99 Å². The molecule has 0 aromatic heterocycles. The first kappa shape index (κ1) is 23.7. The molecule has 170 valence electrons. The number of ether oxygens (including phenoxy) is 3. The molecule has 0 saturated carbocycles. The minimum absolute atomic E-state index is 0.0714. The highest BCUT2D eigenvalue weighted by atomic mass is 32.2. The van der Waals surface area contributed by atoms with Gasteiger partial charge in [-0.3, -0.25) is 0 Å². The van der Waals surface area contributed by atoms with Crippen molar-refractivity contribution in [2.45, 2.75) is 13.0 Å². The van der Waals surface area contributed by atoms with Gasteiger partial charge in [-0.15, -0.1) is 0 Å². The number of rotatable bonds is 10. The molecule has 0 spiro atoms. The number of hydrogen-bond donors (Lipinski definition) is 3. The Hall–Kier alpha value is -2.97. The summed E-state index contributed by atoms with van der Waals surface area (Å²) in [5.41, 5.74) is 1.31. The fourth-order valence-corrected chi connectivity index (χ4v) is 4.49. The van der Waals surface area contributed by atoms with Crippen molar-refractivity contribution in [2.75, 3.05) is 38.2 Å². The molecule has 2 unspecified atom stereocenters. The van der Waals surface area contributed by atoms with E-state index >= 15 is 4.39 Å². The predicted octanol–water partition coefficient (Wildman–Crippen LogP) is 2.98. The highest BCUT2D eigenvalue weighted by molar-refractivity contribution is 8.30. The fraction of sp³-hybridized carbons (Fsp3) is 0.318. The van der Waals surface area contributed by atoms with Crippen LogP contribution in [0.25, 0.3) is 0 Å². The molecule has 32 heavy (non-hydrogen) atoms. The van der Waals surface area contributed by atoms with Gasteiger partial charge in [-0.05, 0) is 37.3 Å². The van der Waals surface area contributed by atoms with Gasteiger partial charge in [0.25, 0.3) is 0 Å². The smallest absolute Gasteiger partial charge is 0.202 e. The van der Waals surface area contributed by atoms with Gasteiger partial charge in [-0.1, -0.05) is 10.5 Å². The van der Waals surface area contributed by atoms with Gasteiger partial charge in [-0.2, -0.15) is 5.26 Å². The van der Waals surface area contributed by atoms with E-state index in [1.54, 1.807) is 24.3 Å². The summed E-state index contributed by atoms with van der Waals surface area (Å²) in [5, 5.41) is 32.2. The standard InChI is InChI=1S/C22H24FN3O5S/c1-3-30-22-26-21(32(22)13-28)20(25-15-6-4-14(12-24)5-7-15)17-10-16(29-2)11-18(19(17)23)31-9-8-27/h4-7,10-11,20,25,27-28H,3,8-9,13H2,1-2H3. The molecular weight excluding hydrogens is 437 g/mol. The maximum Gasteiger partial charge on any atom is 0.202 e. The zero-order valence-corrected chi connectivity index (χ0v) is 18.5. The lowest BCUT2D eigenvalue weighted by Gasteiger charge is -2.30. The first-order chi connectivity index (χ1) is 15.6. The zero-order valence-electron chi connectivity index (χ0n) is 17.7. The van der Waals surface area contributed by atoms with Crippen molar-refractivity contribution in [1.82, 2.24) is 0 Å². The summed E-state index contributed by atoms with van der Waals surface area (Å²) in [6, 6.07) is 10.9. The number of aliphatic hydroxyl groups is 2. The largest absolute Gasteiger partial charge is 0.497 e. The third-order valence-electron chi connectivity index (χ3n) is 4.57. The van der Waals surface area contributed by atoms with Crippen LogP contribution in [-0.2, 0) is 4.74 Å². The molecule has 0 saturated heterocycles. The number of hydrogen-bond acceptors (Lipinski definition) is 8. The van der Waals surface area contributed by atoms with Crippen molar-refractivity contribution >= 4 is 26.4 Å². The van der Waals surface area contributed by atoms with Crippen LogP contribution in [0.4, 0.5) is 10.1 Å². The van der Waals surface area contributed by atoms with Crippen LogP contribution in [-0.4, -0.2) is 53.3 Å². The normalized spacial score (nSPS) is 15.9. The van der Waals surface area contributed by atoms with Crippen LogP contribution in [0.1, 0.15) is 24.1 Å². The van der Waals surface area contributed by atoms with Crippen LogP contribution in [0, 0.1) is 17.1 Å². The molecule has 2 atom stereocenters. The van der Waals surface area contributed by atoms with E-state index < -0.39 is 22.3 Å². The van der Waals surface area contributed by atoms with Crippen molar-refractivity contribution in [3.8, 4) is 17.6 Å². The number of nitrogens with one attached hydrogen (secondary N) is 1. The molecular formula is C22H24FN3O5S. The highest BCUT2D eigenvalue weighted by Crippen LogP contribution is 2.40. The predicted molar refractivity (Wildman–Crippen MR) is 122 cm³/mol. The van der Waals surface area contributed by atoms with Gasteiger partial charge in [0.2, 0.25) is 5.17 Å². The van der Waals surface area contributed by atoms with Crippen LogP contribution in [0.3, 0.4) is 0 Å². The molecule has 3 rings (SSSR count). The summed E-state index contributed by atoms with van der Waals surface area (Å²) in [6.07, 6.45) is 0. The van der Waals surface area contributed by atoms with Crippen molar-refractivity contribution in [3.05, 3.63) is 53.3 Å². The number of aliphatic imine (C=N–C) groups is 1. The van der Waals surface area contributed by atoms with Crippen LogP contribution < -0.4 is 14.8 Å². The lowest BCUT2D eigenvalue weighted by Crippen LogP contribution is -2.30. The Labute approximate surface area is 187 Å². The minimum Gasteiger partial charge on any atom is -0.497 e. The molecule has 3 N–H and O–H groups in total. The number of benzene rings is 2. The zero-order chi connectivity index (χ0) is 23.1. The van der Waals surface area contributed by atoms with E-state index in [0.29, 0.717) is 33.8 Å². The first-order valence-electron chi connectivity index (χ1n) is 9.84. The lowest BCUT2D eigenvalue weighted by atomic mass is 10.0. The summed E-state index contributed by atoms with van der Waals surface area (Å²) in [7, 11) is 0.633. The Morgan fingerprint density at radius 1 is 1.22 bits per heavy atom. The van der Waals surface area contributed by atoms with Crippen molar-refractivity contribution in [3.63, 3.8) is 0 Å². The van der Waals surface area contributed by atoms with E-state index in [0.717, 1.165) is 0 Å². The second-order valence-electron chi connectivity index (χ2n) is 6.54. The number of methoxy groups -OCH3 is 1. The summed E-state index contributed by atoms with van der Waals surface area (Å²) in [5.74, 6) is -0.574. The summed E-state index contributed by atoms with van der Waals surface area (Å²) in [6.45, 7) is 1.86. The molecule has 8 nitrogen and oxygen atoms in total. The number of nitrogens with zero attached hydrogens (tertiary/aromatic N) is 2. The Morgan fingerprint density at radius 3 is 2.56 bits per heavy atom. The average Bonchev–Trinajstić information content (AvgIpc) is 2.80. The number of aliphatic hydroxyl groups excluding tert-OH is 2. The maximum atomic E-state index is 15.5. The Morgan fingerprint density at radius 2 is 1.97 bits per heavy atom. The van der Waals surface area contributed by atoms with Crippen molar-refractivity contribution in [1.29, 1.82) is 5.26 Å². The third-order valence-corrected chi connectivity index (χ3v) is 6.29. The Kier molecular flexibility index (Phi) is 8.19. The van der Waals surface area contributed by atoms with Crippen LogP contribution >= 0.6 is 10.5 Å². The molecule has 0 bridgehead atoms. The highest BCUT2D eigenvalue weighted by Gasteiger charge is 2.33. The van der Waals surface area contributed by atoms with E-state index in [1.807, 2.05) is 6.92 Å². The first-order valence-corrected chi connectivity index (χ1v) is 11.2. The van der Waals surface area contributed by atoms with Crippen LogP contribution in [0.15, 0.2) is 41.4 Å². The van der Waals surface area contributed by atoms with E-state index in [1.165, 1.54) is 19.2 Å². The molecule has 1 aliphatic heterocycles. The second-order valence-corrected chi connectivity index (χ2v) is 8.34. The average molecular weight is 462 g/mol. The van der Waals surface area contributed by atoms with Crippen LogP contribution in [0.5, 0.6) is 11.5 Å². The number of halogens is 1. The van der Waals surface area contributed by atoms with E-state index in [2.05, 4.69) is 16.4 Å². The minimum atomic E-state index is -0.821. The molecule has 1 heterocycles. The summed E-state index contributed by atoms with van der Waals surface area (Å²) in [4.78, 5) is 4.42.